The quantitative estimate of drug-likeness (QED) is 0.698. The summed E-state index contributed by atoms with van der Waals surface area (Å²) in [5.74, 6) is -0.266. The lowest BCUT2D eigenvalue weighted by Gasteiger charge is -2.20. The van der Waals surface area contributed by atoms with Crippen LogP contribution in [0.1, 0.15) is 42.3 Å². The van der Waals surface area contributed by atoms with Crippen molar-refractivity contribution in [3.8, 4) is 0 Å². The predicted molar refractivity (Wildman–Crippen MR) is 115 cm³/mol. The van der Waals surface area contributed by atoms with Crippen LogP contribution in [0.15, 0.2) is 41.3 Å². The summed E-state index contributed by atoms with van der Waals surface area (Å²) in [6, 6.07) is 10.3. The Balaban J connectivity index is 2.46. The van der Waals surface area contributed by atoms with Gasteiger partial charge < -0.3 is 10.6 Å². The molecule has 0 fully saturated rings. The van der Waals surface area contributed by atoms with Crippen molar-refractivity contribution in [2.45, 2.75) is 39.5 Å². The lowest BCUT2D eigenvalue weighted by atomic mass is 10.0. The van der Waals surface area contributed by atoms with Crippen molar-refractivity contribution < 1.29 is 13.2 Å². The topological polar surface area (TPSA) is 78.5 Å². The second-order valence-corrected chi connectivity index (χ2v) is 8.47. The number of nitrogens with one attached hydrogen (secondary N) is 2. The van der Waals surface area contributed by atoms with Gasteiger partial charge in [-0.1, -0.05) is 26.0 Å². The summed E-state index contributed by atoms with van der Waals surface area (Å²) >= 11 is 0. The highest BCUT2D eigenvalue weighted by Crippen LogP contribution is 2.28. The SMILES string of the molecule is CCNc1ccc(S(=O)(=O)N(CC)CC)cc1NC(=O)c1cccc(C)c1C. The zero-order chi connectivity index (χ0) is 20.9. The van der Waals surface area contributed by atoms with Gasteiger partial charge in [0.25, 0.3) is 5.91 Å². The maximum atomic E-state index is 12.9. The molecule has 0 heterocycles. The van der Waals surface area contributed by atoms with Gasteiger partial charge in [0.2, 0.25) is 10.0 Å². The third-order valence-corrected chi connectivity index (χ3v) is 6.84. The smallest absolute Gasteiger partial charge is 0.255 e. The van der Waals surface area contributed by atoms with E-state index in [-0.39, 0.29) is 10.8 Å². The van der Waals surface area contributed by atoms with Gasteiger partial charge in [-0.3, -0.25) is 4.79 Å². The van der Waals surface area contributed by atoms with Crippen LogP contribution in [0.3, 0.4) is 0 Å². The van der Waals surface area contributed by atoms with Crippen molar-refractivity contribution in [1.82, 2.24) is 4.31 Å². The van der Waals surface area contributed by atoms with Gasteiger partial charge in [-0.15, -0.1) is 0 Å². The number of carbonyl (C=O) groups excluding carboxylic acids is 1. The van der Waals surface area contributed by atoms with Crippen LogP contribution in [-0.2, 0) is 10.0 Å². The minimum absolute atomic E-state index is 0.161. The molecule has 0 aromatic heterocycles. The molecule has 0 aliphatic rings. The van der Waals surface area contributed by atoms with Gasteiger partial charge in [0.1, 0.15) is 0 Å². The average Bonchev–Trinajstić information content (AvgIpc) is 2.66. The van der Waals surface area contributed by atoms with E-state index >= 15 is 0 Å². The molecule has 2 N–H and O–H groups in total. The van der Waals surface area contributed by atoms with Crippen molar-refractivity contribution in [1.29, 1.82) is 0 Å². The second-order valence-electron chi connectivity index (χ2n) is 6.53. The third kappa shape index (κ3) is 4.54. The molecule has 0 radical (unpaired) electrons. The number of hydrogen-bond donors (Lipinski definition) is 2. The maximum absolute atomic E-state index is 12.9. The van der Waals surface area contributed by atoms with E-state index in [0.29, 0.717) is 36.6 Å². The van der Waals surface area contributed by atoms with Crippen LogP contribution < -0.4 is 10.6 Å². The van der Waals surface area contributed by atoms with Gasteiger partial charge in [-0.25, -0.2) is 8.42 Å². The van der Waals surface area contributed by atoms with Crippen LogP contribution in [0.4, 0.5) is 11.4 Å². The molecular weight excluding hydrogens is 374 g/mol. The highest BCUT2D eigenvalue weighted by Gasteiger charge is 2.23. The Hall–Kier alpha value is -2.38. The first kappa shape index (κ1) is 21.9. The van der Waals surface area contributed by atoms with Gasteiger partial charge in [0.05, 0.1) is 16.3 Å². The molecule has 152 valence electrons. The van der Waals surface area contributed by atoms with Crippen molar-refractivity contribution in [2.24, 2.45) is 0 Å². The Morgan fingerprint density at radius 3 is 2.29 bits per heavy atom. The maximum Gasteiger partial charge on any atom is 0.255 e. The van der Waals surface area contributed by atoms with Crippen LogP contribution in [0.5, 0.6) is 0 Å². The summed E-state index contributed by atoms with van der Waals surface area (Å²) < 4.78 is 27.1. The van der Waals surface area contributed by atoms with Crippen molar-refractivity contribution >= 4 is 27.3 Å². The number of carbonyl (C=O) groups is 1. The number of anilines is 2. The third-order valence-electron chi connectivity index (χ3n) is 4.80. The standard InChI is InChI=1S/C21H29N3O3S/c1-6-22-19-13-12-17(28(26,27)24(7-2)8-3)14-20(19)23-21(25)18-11-9-10-15(4)16(18)5/h9-14,22H,6-8H2,1-5H3,(H,23,25). The van der Waals surface area contributed by atoms with Gasteiger partial charge in [0.15, 0.2) is 0 Å². The van der Waals surface area contributed by atoms with Gasteiger partial charge in [0, 0.05) is 25.2 Å². The van der Waals surface area contributed by atoms with Gasteiger partial charge in [-0.2, -0.15) is 4.31 Å². The van der Waals surface area contributed by atoms with E-state index in [4.69, 9.17) is 0 Å². The molecule has 0 atom stereocenters. The van der Waals surface area contributed by atoms with Gasteiger partial charge in [-0.05, 0) is 56.2 Å². The lowest BCUT2D eigenvalue weighted by molar-refractivity contribution is 0.102. The van der Waals surface area contributed by atoms with E-state index in [1.807, 2.05) is 32.9 Å². The summed E-state index contributed by atoms with van der Waals surface area (Å²) in [6.45, 7) is 10.8. The van der Waals surface area contributed by atoms with Crippen LogP contribution in [0.25, 0.3) is 0 Å². The molecule has 0 unspecified atom stereocenters. The molecule has 0 saturated carbocycles. The molecule has 2 rings (SSSR count). The van der Waals surface area contributed by atoms with Crippen molar-refractivity contribution in [3.63, 3.8) is 0 Å². The number of sulfonamides is 1. The van der Waals surface area contributed by atoms with E-state index in [1.165, 1.54) is 10.4 Å². The van der Waals surface area contributed by atoms with Crippen LogP contribution >= 0.6 is 0 Å². The summed E-state index contributed by atoms with van der Waals surface area (Å²) in [4.78, 5) is 13.0. The zero-order valence-electron chi connectivity index (χ0n) is 17.2. The number of amides is 1. The normalized spacial score (nSPS) is 11.5. The molecule has 7 heteroatoms. The number of benzene rings is 2. The first-order chi connectivity index (χ1) is 13.3. The summed E-state index contributed by atoms with van der Waals surface area (Å²) in [5, 5.41) is 6.05. The fourth-order valence-electron chi connectivity index (χ4n) is 3.03. The molecule has 2 aromatic rings. The number of hydrogen-bond acceptors (Lipinski definition) is 4. The molecule has 0 bridgehead atoms. The zero-order valence-corrected chi connectivity index (χ0v) is 18.0. The van der Waals surface area contributed by atoms with Crippen LogP contribution in [-0.4, -0.2) is 38.3 Å². The number of aryl methyl sites for hydroxylation is 1. The Morgan fingerprint density at radius 2 is 1.68 bits per heavy atom. The van der Waals surface area contributed by atoms with E-state index in [9.17, 15) is 13.2 Å². The molecule has 0 saturated heterocycles. The highest BCUT2D eigenvalue weighted by molar-refractivity contribution is 7.89. The minimum atomic E-state index is -3.62. The Kier molecular flexibility index (Phi) is 7.21. The first-order valence-corrected chi connectivity index (χ1v) is 11.0. The number of rotatable bonds is 8. The molecular formula is C21H29N3O3S. The predicted octanol–water partition coefficient (Wildman–Crippen LogP) is 4.02. The average molecular weight is 404 g/mol. The number of nitrogens with zero attached hydrogens (tertiary/aromatic N) is 1. The fourth-order valence-corrected chi connectivity index (χ4v) is 4.52. The minimum Gasteiger partial charge on any atom is -0.384 e. The lowest BCUT2D eigenvalue weighted by Crippen LogP contribution is -2.30. The van der Waals surface area contributed by atoms with Crippen LogP contribution in [0, 0.1) is 13.8 Å². The Bertz CT molecular complexity index is 951. The van der Waals surface area contributed by atoms with E-state index in [0.717, 1.165) is 11.1 Å². The molecule has 0 aliphatic carbocycles. The molecule has 2 aromatic carbocycles. The molecule has 0 spiro atoms. The molecule has 28 heavy (non-hydrogen) atoms. The molecule has 6 nitrogen and oxygen atoms in total. The molecule has 1 amide bonds. The van der Waals surface area contributed by atoms with Crippen molar-refractivity contribution in [3.05, 3.63) is 53.1 Å². The summed E-state index contributed by atoms with van der Waals surface area (Å²) in [6.07, 6.45) is 0. The monoisotopic (exact) mass is 403 g/mol. The summed E-state index contributed by atoms with van der Waals surface area (Å²) in [7, 11) is -3.62. The summed E-state index contributed by atoms with van der Waals surface area (Å²) in [5.41, 5.74) is 3.62. The molecule has 0 aliphatic heterocycles. The van der Waals surface area contributed by atoms with Crippen LogP contribution in [0.2, 0.25) is 0 Å². The first-order valence-electron chi connectivity index (χ1n) is 9.51. The largest absolute Gasteiger partial charge is 0.384 e. The second kappa shape index (κ2) is 9.21. The Morgan fingerprint density at radius 1 is 1.00 bits per heavy atom. The van der Waals surface area contributed by atoms with E-state index in [2.05, 4.69) is 10.6 Å². The Labute approximate surface area is 168 Å². The van der Waals surface area contributed by atoms with Gasteiger partial charge >= 0.3 is 0 Å². The van der Waals surface area contributed by atoms with Crippen molar-refractivity contribution in [2.75, 3.05) is 30.3 Å². The highest BCUT2D eigenvalue weighted by atomic mass is 32.2. The van der Waals surface area contributed by atoms with E-state index in [1.54, 1.807) is 32.0 Å². The van der Waals surface area contributed by atoms with E-state index < -0.39 is 10.0 Å². The fraction of sp³-hybridized carbons (Fsp3) is 0.381.